The zero-order valence-corrected chi connectivity index (χ0v) is 33.7. The average molecular weight is 851 g/mol. The Bertz CT molecular complexity index is 2460. The average Bonchev–Trinajstić information content (AvgIpc) is 3.26. The van der Waals surface area contributed by atoms with Crippen LogP contribution in [0, 0.1) is 0 Å². The van der Waals surface area contributed by atoms with E-state index in [-0.39, 0.29) is 11.9 Å². The van der Waals surface area contributed by atoms with E-state index in [0.29, 0.717) is 11.0 Å². The van der Waals surface area contributed by atoms with Crippen LogP contribution in [0.25, 0.3) is 23.3 Å². The molecule has 2 heterocycles. The van der Waals surface area contributed by atoms with Crippen LogP contribution in [0.5, 0.6) is 5.75 Å². The van der Waals surface area contributed by atoms with Gasteiger partial charge in [0, 0.05) is 42.4 Å². The van der Waals surface area contributed by atoms with Crippen molar-refractivity contribution < 1.29 is 45.4 Å². The number of hydrogen-bond acceptors (Lipinski definition) is 9. The van der Waals surface area contributed by atoms with Gasteiger partial charge in [-0.1, -0.05) is 103 Å². The Morgan fingerprint density at radius 3 is 1.61 bits per heavy atom. The number of amides is 2. The quantitative estimate of drug-likeness (QED) is 0.0431. The van der Waals surface area contributed by atoms with E-state index >= 15 is 0 Å². The highest BCUT2D eigenvalue weighted by molar-refractivity contribution is 7.88. The number of rotatable bonds is 12. The lowest BCUT2D eigenvalue weighted by Crippen LogP contribution is -2.29. The molecule has 0 saturated heterocycles. The van der Waals surface area contributed by atoms with Crippen LogP contribution in [0.1, 0.15) is 48.2 Å². The first kappa shape index (κ1) is 46.8. The van der Waals surface area contributed by atoms with E-state index in [1.54, 1.807) is 43.6 Å². The van der Waals surface area contributed by atoms with Crippen LogP contribution in [0.2, 0.25) is 0 Å². The Labute approximate surface area is 352 Å². The molecule has 0 spiro atoms. The molecule has 6 rings (SSSR count). The molecular formula is C45H42BF3N4O7S. The summed E-state index contributed by atoms with van der Waals surface area (Å²) in [6, 6.07) is 38.6. The third kappa shape index (κ3) is 16.0. The molecule has 2 amide bonds. The molecule has 4 aromatic carbocycles. The molecule has 16 heteroatoms. The Morgan fingerprint density at radius 1 is 0.656 bits per heavy atom. The maximum atomic E-state index is 12.4. The summed E-state index contributed by atoms with van der Waals surface area (Å²) in [6.07, 6.45) is 12.9. The number of hydrogen-bond donors (Lipinski definition) is 4. The van der Waals surface area contributed by atoms with Gasteiger partial charge in [-0.15, -0.1) is 0 Å². The maximum Gasteiger partial charge on any atom is 0.534 e. The number of nitrogens with zero attached hydrogens (tertiary/aromatic N) is 2. The summed E-state index contributed by atoms with van der Waals surface area (Å²) in [7, 11) is -7.16. The zero-order chi connectivity index (χ0) is 44.3. The number of benzene rings is 4. The van der Waals surface area contributed by atoms with Gasteiger partial charge in [0.2, 0.25) is 11.8 Å². The third-order valence-corrected chi connectivity index (χ3v) is 9.36. The molecular weight excluding hydrogens is 808 g/mol. The highest BCUT2D eigenvalue weighted by atomic mass is 32.2. The summed E-state index contributed by atoms with van der Waals surface area (Å²) in [5, 5.41) is 22.7. The number of alkyl halides is 3. The Hall–Kier alpha value is -6.88. The van der Waals surface area contributed by atoms with Crippen molar-refractivity contribution in [1.29, 1.82) is 0 Å². The maximum absolute atomic E-state index is 12.4. The topological polar surface area (TPSA) is 168 Å². The van der Waals surface area contributed by atoms with E-state index in [2.05, 4.69) is 30.9 Å². The largest absolute Gasteiger partial charge is 0.534 e. The van der Waals surface area contributed by atoms with E-state index in [4.69, 9.17) is 10.0 Å². The van der Waals surface area contributed by atoms with Crippen molar-refractivity contribution in [3.8, 4) is 16.9 Å². The van der Waals surface area contributed by atoms with Crippen molar-refractivity contribution in [2.45, 2.75) is 31.4 Å². The monoisotopic (exact) mass is 850 g/mol. The van der Waals surface area contributed by atoms with Gasteiger partial charge in [0.1, 0.15) is 5.75 Å². The third-order valence-electron chi connectivity index (χ3n) is 8.38. The van der Waals surface area contributed by atoms with Crippen molar-refractivity contribution >= 4 is 46.7 Å². The second-order valence-corrected chi connectivity index (χ2v) is 14.6. The fraction of sp³-hybridized carbons (Fsp3) is 0.111. The van der Waals surface area contributed by atoms with E-state index in [9.17, 15) is 31.2 Å². The molecule has 0 aliphatic carbocycles. The van der Waals surface area contributed by atoms with E-state index in [0.717, 1.165) is 39.9 Å². The number of halogens is 3. The van der Waals surface area contributed by atoms with Gasteiger partial charge in [0.25, 0.3) is 0 Å². The number of aromatic nitrogens is 2. The predicted molar refractivity (Wildman–Crippen MR) is 230 cm³/mol. The minimum Gasteiger partial charge on any atom is -0.423 e. The molecule has 11 nitrogen and oxygen atoms in total. The second-order valence-electron chi connectivity index (χ2n) is 13.0. The van der Waals surface area contributed by atoms with Crippen LogP contribution in [0.4, 0.5) is 13.2 Å². The van der Waals surface area contributed by atoms with Crippen LogP contribution < -0.4 is 20.3 Å². The summed E-state index contributed by atoms with van der Waals surface area (Å²) < 4.78 is 63.4. The van der Waals surface area contributed by atoms with Gasteiger partial charge >= 0.3 is 22.7 Å². The zero-order valence-electron chi connectivity index (χ0n) is 32.9. The molecule has 0 fully saturated rings. The number of pyridine rings is 2. The van der Waals surface area contributed by atoms with Gasteiger partial charge in [-0.2, -0.15) is 21.6 Å². The van der Waals surface area contributed by atoms with Gasteiger partial charge in [-0.3, -0.25) is 19.6 Å². The molecule has 2 atom stereocenters. The van der Waals surface area contributed by atoms with Gasteiger partial charge < -0.3 is 24.9 Å². The van der Waals surface area contributed by atoms with Crippen molar-refractivity contribution in [1.82, 2.24) is 20.6 Å². The molecule has 0 unspecified atom stereocenters. The molecule has 2 aromatic heterocycles. The molecule has 0 bridgehead atoms. The fourth-order valence-electron chi connectivity index (χ4n) is 5.22. The van der Waals surface area contributed by atoms with Crippen molar-refractivity contribution in [2.75, 3.05) is 0 Å². The Morgan fingerprint density at radius 2 is 1.15 bits per heavy atom. The molecule has 0 radical (unpaired) electrons. The first-order valence-electron chi connectivity index (χ1n) is 18.6. The summed E-state index contributed by atoms with van der Waals surface area (Å²) in [6.45, 7) is 3.59. The van der Waals surface area contributed by atoms with Crippen molar-refractivity contribution in [3.63, 3.8) is 0 Å². The van der Waals surface area contributed by atoms with Crippen molar-refractivity contribution in [2.24, 2.45) is 0 Å². The standard InChI is InChI=1S/C22H20N2O.C18H16F3NO4S.C5H6BNO2/c1-17(24-22(25)13-12-18-7-3-2-4-8-18)19-9-5-10-20(15-19)21-11-6-14-23-16-21;1-13(22-17(23)11-10-14-6-3-2-4-7-14)15-8-5-9-16(12-15)26-27(24,25)18(19,20)21;8-6(9)5-2-1-3-7-4-5/h2-17H,1H3,(H,24,25);2-13H,1H3,(H,22,23);1-4,8-9H/b13-12+;11-10+;/t17-;13-;/m00./s1. The highest BCUT2D eigenvalue weighted by Crippen LogP contribution is 2.28. The highest BCUT2D eigenvalue weighted by Gasteiger charge is 2.48. The summed E-state index contributed by atoms with van der Waals surface area (Å²) >= 11 is 0. The van der Waals surface area contributed by atoms with E-state index in [1.807, 2.05) is 110 Å². The molecule has 0 aliphatic heterocycles. The van der Waals surface area contributed by atoms with E-state index < -0.39 is 40.4 Å². The molecule has 6 aromatic rings. The SMILES string of the molecule is C[C@H](NC(=O)/C=C/c1ccccc1)c1cccc(-c2cccnc2)c1.C[C@H](NC(=O)/C=C/c1ccccc1)c1cccc(OS(=O)(=O)C(F)(F)F)c1.OB(O)c1cccnc1. The number of carbonyl (C=O) groups excluding carboxylic acids is 2. The smallest absolute Gasteiger partial charge is 0.423 e. The summed E-state index contributed by atoms with van der Waals surface area (Å²) in [5.41, 5.74) is 0.312. The van der Waals surface area contributed by atoms with Crippen LogP contribution >= 0.6 is 0 Å². The predicted octanol–water partition coefficient (Wildman–Crippen LogP) is 7.21. The van der Waals surface area contributed by atoms with Gasteiger partial charge in [-0.25, -0.2) is 0 Å². The second kappa shape index (κ2) is 23.1. The lowest BCUT2D eigenvalue weighted by Gasteiger charge is -2.15. The summed E-state index contributed by atoms with van der Waals surface area (Å²) in [4.78, 5) is 32.0. The lowest BCUT2D eigenvalue weighted by atomic mass is 9.82. The van der Waals surface area contributed by atoms with Crippen LogP contribution in [-0.4, -0.2) is 52.9 Å². The minimum absolute atomic E-state index is 0.0791. The van der Waals surface area contributed by atoms with Crippen LogP contribution in [0.3, 0.4) is 0 Å². The van der Waals surface area contributed by atoms with Gasteiger partial charge in [0.15, 0.2) is 0 Å². The molecule has 61 heavy (non-hydrogen) atoms. The Kier molecular flexibility index (Phi) is 17.7. The first-order chi connectivity index (χ1) is 29.1. The molecule has 0 saturated carbocycles. The van der Waals surface area contributed by atoms with Crippen molar-refractivity contribution in [3.05, 3.63) is 193 Å². The lowest BCUT2D eigenvalue weighted by molar-refractivity contribution is -0.117. The first-order valence-corrected chi connectivity index (χ1v) is 20.0. The normalized spacial score (nSPS) is 12.2. The number of carbonyl (C=O) groups is 2. The minimum atomic E-state index is -5.75. The molecule has 314 valence electrons. The molecule has 4 N–H and O–H groups in total. The number of nitrogens with one attached hydrogen (secondary N) is 2. The van der Waals surface area contributed by atoms with Gasteiger partial charge in [-0.05, 0) is 89.7 Å². The van der Waals surface area contributed by atoms with Crippen LogP contribution in [0.15, 0.2) is 170 Å². The molecule has 0 aliphatic rings. The van der Waals surface area contributed by atoms with E-state index in [1.165, 1.54) is 24.4 Å². The van der Waals surface area contributed by atoms with Crippen LogP contribution in [-0.2, 0) is 19.7 Å². The Balaban J connectivity index is 0.000000224. The van der Waals surface area contributed by atoms with Gasteiger partial charge in [0.05, 0.1) is 12.1 Å². The summed E-state index contributed by atoms with van der Waals surface area (Å²) in [5.74, 6) is -1.02. The fourth-order valence-corrected chi connectivity index (χ4v) is 5.67.